The Balaban J connectivity index is 2.09. The summed E-state index contributed by atoms with van der Waals surface area (Å²) in [5.74, 6) is 0.268. The van der Waals surface area contributed by atoms with Crippen LogP contribution < -0.4 is 5.73 Å². The van der Waals surface area contributed by atoms with E-state index in [-0.39, 0.29) is 11.9 Å². The van der Waals surface area contributed by atoms with Crippen molar-refractivity contribution in [1.29, 1.82) is 5.41 Å². The van der Waals surface area contributed by atoms with Crippen LogP contribution in [0.2, 0.25) is 0 Å². The van der Waals surface area contributed by atoms with Crippen LogP contribution in [-0.4, -0.2) is 28.2 Å². The van der Waals surface area contributed by atoms with Crippen molar-refractivity contribution in [3.05, 3.63) is 36.0 Å². The molecule has 0 bridgehead atoms. The molecule has 0 spiro atoms. The number of hydrogen-bond acceptors (Lipinski definition) is 2. The van der Waals surface area contributed by atoms with Gasteiger partial charge in [-0.15, -0.1) is 0 Å². The van der Waals surface area contributed by atoms with Gasteiger partial charge in [-0.3, -0.25) is 5.41 Å². The van der Waals surface area contributed by atoms with Crippen molar-refractivity contribution < 1.29 is 0 Å². The zero-order chi connectivity index (χ0) is 12.7. The Morgan fingerprint density at radius 1 is 1.50 bits per heavy atom. The second-order valence-electron chi connectivity index (χ2n) is 4.60. The molecule has 2 heterocycles. The third kappa shape index (κ3) is 1.55. The molecule has 0 saturated carbocycles. The summed E-state index contributed by atoms with van der Waals surface area (Å²) in [5.41, 5.74) is 8.67. The molecule has 0 aliphatic carbocycles. The maximum absolute atomic E-state index is 7.45. The SMILES string of the molecule is CC1CN(C(=N)N)N=C1c1c[nH]c2ccccc12. The van der Waals surface area contributed by atoms with E-state index in [1.807, 2.05) is 24.4 Å². The smallest absolute Gasteiger partial charge is 0.209 e. The first kappa shape index (κ1) is 10.8. The number of aromatic amines is 1. The third-order valence-electron chi connectivity index (χ3n) is 3.29. The molecule has 2 aromatic rings. The van der Waals surface area contributed by atoms with Crippen molar-refractivity contribution in [2.75, 3.05) is 6.54 Å². The Morgan fingerprint density at radius 3 is 3.00 bits per heavy atom. The molecular weight excluding hydrogens is 226 g/mol. The lowest BCUT2D eigenvalue weighted by molar-refractivity contribution is 0.448. The van der Waals surface area contributed by atoms with Crippen LogP contribution in [0.4, 0.5) is 0 Å². The Morgan fingerprint density at radius 2 is 2.28 bits per heavy atom. The summed E-state index contributed by atoms with van der Waals surface area (Å²) in [7, 11) is 0. The molecule has 1 aromatic heterocycles. The number of benzene rings is 1. The van der Waals surface area contributed by atoms with Gasteiger partial charge in [0.1, 0.15) is 0 Å². The minimum absolute atomic E-state index is 0.00306. The standard InChI is InChI=1S/C13H15N5/c1-8-7-18(13(14)15)17-12(8)10-6-16-11-5-3-2-4-9(10)11/h2-6,8,16H,7H2,1H3,(H3,14,15). The molecule has 5 nitrogen and oxygen atoms in total. The van der Waals surface area contributed by atoms with Gasteiger partial charge in [-0.1, -0.05) is 25.1 Å². The predicted molar refractivity (Wildman–Crippen MR) is 72.6 cm³/mol. The van der Waals surface area contributed by atoms with E-state index in [4.69, 9.17) is 11.1 Å². The minimum atomic E-state index is -0.00306. The molecule has 4 N–H and O–H groups in total. The monoisotopic (exact) mass is 241 g/mol. The Kier molecular flexibility index (Phi) is 2.33. The van der Waals surface area contributed by atoms with Crippen LogP contribution in [0.5, 0.6) is 0 Å². The highest BCUT2D eigenvalue weighted by Crippen LogP contribution is 2.25. The summed E-state index contributed by atoms with van der Waals surface area (Å²) in [6, 6.07) is 8.14. The van der Waals surface area contributed by atoms with Crippen molar-refractivity contribution in [2.45, 2.75) is 6.92 Å². The number of rotatable bonds is 1. The van der Waals surface area contributed by atoms with Crippen molar-refractivity contribution in [1.82, 2.24) is 9.99 Å². The molecule has 5 heteroatoms. The van der Waals surface area contributed by atoms with Gasteiger partial charge < -0.3 is 10.7 Å². The van der Waals surface area contributed by atoms with Crippen LogP contribution in [0.1, 0.15) is 12.5 Å². The van der Waals surface area contributed by atoms with Crippen LogP contribution in [0.15, 0.2) is 35.6 Å². The van der Waals surface area contributed by atoms with Gasteiger partial charge in [0, 0.05) is 28.6 Å². The summed E-state index contributed by atoms with van der Waals surface area (Å²) in [5, 5.41) is 14.6. The lowest BCUT2D eigenvalue weighted by Crippen LogP contribution is -2.31. The van der Waals surface area contributed by atoms with Crippen molar-refractivity contribution in [3.63, 3.8) is 0 Å². The van der Waals surface area contributed by atoms with Gasteiger partial charge in [-0.25, -0.2) is 5.01 Å². The third-order valence-corrected chi connectivity index (χ3v) is 3.29. The fraction of sp³-hybridized carbons (Fsp3) is 0.231. The highest BCUT2D eigenvalue weighted by Gasteiger charge is 2.26. The maximum Gasteiger partial charge on any atom is 0.209 e. The van der Waals surface area contributed by atoms with Gasteiger partial charge >= 0.3 is 0 Å². The summed E-state index contributed by atoms with van der Waals surface area (Å²) in [4.78, 5) is 3.25. The first-order valence-electron chi connectivity index (χ1n) is 5.93. The second-order valence-corrected chi connectivity index (χ2v) is 4.60. The van der Waals surface area contributed by atoms with Crippen LogP contribution in [0.25, 0.3) is 10.9 Å². The van der Waals surface area contributed by atoms with Crippen molar-refractivity contribution in [3.8, 4) is 0 Å². The molecule has 92 valence electrons. The summed E-state index contributed by atoms with van der Waals surface area (Å²) < 4.78 is 0. The topological polar surface area (TPSA) is 81.3 Å². The average Bonchev–Trinajstić information content (AvgIpc) is 2.92. The Bertz CT molecular complexity index is 640. The van der Waals surface area contributed by atoms with Crippen LogP contribution in [0, 0.1) is 11.3 Å². The van der Waals surface area contributed by atoms with Crippen molar-refractivity contribution in [2.24, 2.45) is 16.8 Å². The quantitative estimate of drug-likeness (QED) is 0.525. The fourth-order valence-electron chi connectivity index (χ4n) is 2.37. The molecule has 1 aliphatic rings. The van der Waals surface area contributed by atoms with E-state index in [2.05, 4.69) is 23.1 Å². The van der Waals surface area contributed by atoms with Crippen LogP contribution in [-0.2, 0) is 0 Å². The molecule has 0 radical (unpaired) electrons. The zero-order valence-electron chi connectivity index (χ0n) is 10.1. The Hall–Kier alpha value is -2.30. The minimum Gasteiger partial charge on any atom is -0.369 e. The molecule has 0 amide bonds. The summed E-state index contributed by atoms with van der Waals surface area (Å²) in [6.07, 6.45) is 1.98. The van der Waals surface area contributed by atoms with Gasteiger partial charge in [0.25, 0.3) is 0 Å². The van der Waals surface area contributed by atoms with E-state index < -0.39 is 0 Å². The first-order chi connectivity index (χ1) is 8.66. The molecule has 0 saturated heterocycles. The highest BCUT2D eigenvalue weighted by atomic mass is 15.5. The van der Waals surface area contributed by atoms with Gasteiger partial charge in [-0.2, -0.15) is 5.10 Å². The lowest BCUT2D eigenvalue weighted by atomic mass is 9.99. The summed E-state index contributed by atoms with van der Waals surface area (Å²) in [6.45, 7) is 2.77. The van der Waals surface area contributed by atoms with Crippen LogP contribution in [0.3, 0.4) is 0 Å². The van der Waals surface area contributed by atoms with E-state index in [9.17, 15) is 0 Å². The fourth-order valence-corrected chi connectivity index (χ4v) is 2.37. The van der Waals surface area contributed by atoms with E-state index >= 15 is 0 Å². The van der Waals surface area contributed by atoms with E-state index in [1.165, 1.54) is 0 Å². The molecule has 1 unspecified atom stereocenters. The molecule has 3 rings (SSSR count). The summed E-state index contributed by atoms with van der Waals surface area (Å²) >= 11 is 0. The molecular formula is C13H15N5. The molecule has 18 heavy (non-hydrogen) atoms. The van der Waals surface area contributed by atoms with E-state index in [0.29, 0.717) is 6.54 Å². The average molecular weight is 241 g/mol. The van der Waals surface area contributed by atoms with Crippen LogP contribution >= 0.6 is 0 Å². The Labute approximate surface area is 105 Å². The largest absolute Gasteiger partial charge is 0.369 e. The van der Waals surface area contributed by atoms with Gasteiger partial charge in [-0.05, 0) is 6.07 Å². The number of nitrogens with zero attached hydrogens (tertiary/aromatic N) is 2. The number of hydrogen-bond donors (Lipinski definition) is 3. The van der Waals surface area contributed by atoms with E-state index in [0.717, 1.165) is 22.2 Å². The number of nitrogens with one attached hydrogen (secondary N) is 2. The van der Waals surface area contributed by atoms with E-state index in [1.54, 1.807) is 5.01 Å². The molecule has 1 aliphatic heterocycles. The van der Waals surface area contributed by atoms with Gasteiger partial charge in [0.05, 0.1) is 12.3 Å². The number of fused-ring (bicyclic) bond motifs is 1. The maximum atomic E-state index is 7.45. The first-order valence-corrected chi connectivity index (χ1v) is 5.93. The molecule has 1 atom stereocenters. The number of H-pyrrole nitrogens is 1. The highest BCUT2D eigenvalue weighted by molar-refractivity contribution is 6.12. The molecule has 1 aromatic carbocycles. The van der Waals surface area contributed by atoms with Crippen molar-refractivity contribution >= 4 is 22.6 Å². The number of nitrogens with two attached hydrogens (primary N) is 1. The predicted octanol–water partition coefficient (Wildman–Crippen LogP) is 1.72. The zero-order valence-corrected chi connectivity index (χ0v) is 10.1. The molecule has 0 fully saturated rings. The number of guanidine groups is 1. The second kappa shape index (κ2) is 3.87. The number of aromatic nitrogens is 1. The van der Waals surface area contributed by atoms with Gasteiger partial charge in [0.15, 0.2) is 0 Å². The normalized spacial score (nSPS) is 19.3. The number of para-hydroxylation sites is 1. The number of hydrazone groups is 1. The lowest BCUT2D eigenvalue weighted by Gasteiger charge is -2.10. The van der Waals surface area contributed by atoms with Gasteiger partial charge in [0.2, 0.25) is 5.96 Å².